The third-order valence-corrected chi connectivity index (χ3v) is 8.64. The van der Waals surface area contributed by atoms with Crippen LogP contribution in [0, 0.1) is 13.8 Å². The molecule has 29 heavy (non-hydrogen) atoms. The fraction of sp³-hybridized carbons (Fsp3) is 0.400. The van der Waals surface area contributed by atoms with Crippen molar-refractivity contribution in [2.75, 3.05) is 27.2 Å². The van der Waals surface area contributed by atoms with Gasteiger partial charge in [-0.15, -0.1) is 11.3 Å². The summed E-state index contributed by atoms with van der Waals surface area (Å²) in [6.07, 6.45) is 0.664. The Morgan fingerprint density at radius 3 is 2.66 bits per heavy atom. The van der Waals surface area contributed by atoms with Crippen molar-refractivity contribution in [2.24, 2.45) is 0 Å². The molecule has 3 aromatic rings. The Kier molecular flexibility index (Phi) is 5.00. The number of carbonyl (C=O) groups excluding carboxylic acids is 1. The molecule has 0 spiro atoms. The lowest BCUT2D eigenvalue weighted by molar-refractivity contribution is 0.0831. The number of sulfonamides is 1. The molecule has 0 bridgehead atoms. The van der Waals surface area contributed by atoms with Crippen molar-refractivity contribution in [3.05, 3.63) is 46.2 Å². The van der Waals surface area contributed by atoms with Crippen molar-refractivity contribution < 1.29 is 17.7 Å². The van der Waals surface area contributed by atoms with Crippen LogP contribution < -0.4 is 0 Å². The minimum Gasteiger partial charge on any atom is -0.360 e. The normalized spacial score (nSPS) is 17.9. The van der Waals surface area contributed by atoms with Crippen molar-refractivity contribution in [3.63, 3.8) is 0 Å². The fourth-order valence-corrected chi connectivity index (χ4v) is 7.09. The van der Waals surface area contributed by atoms with Gasteiger partial charge in [0, 0.05) is 37.8 Å². The maximum Gasteiger partial charge on any atom is 0.263 e. The highest BCUT2D eigenvalue weighted by Crippen LogP contribution is 2.41. The van der Waals surface area contributed by atoms with Crippen LogP contribution in [0.1, 0.15) is 39.0 Å². The summed E-state index contributed by atoms with van der Waals surface area (Å²) in [5.74, 6) is 0.212. The summed E-state index contributed by atoms with van der Waals surface area (Å²) in [5, 5.41) is 4.82. The molecule has 0 unspecified atom stereocenters. The summed E-state index contributed by atoms with van der Waals surface area (Å²) >= 11 is 1.47. The number of thiophene rings is 1. The summed E-state index contributed by atoms with van der Waals surface area (Å²) in [6.45, 7) is 3.98. The molecule has 1 aliphatic heterocycles. The first-order valence-corrected chi connectivity index (χ1v) is 11.6. The molecule has 4 rings (SSSR count). The van der Waals surface area contributed by atoms with Gasteiger partial charge in [-0.2, -0.15) is 4.31 Å². The predicted octanol–water partition coefficient (Wildman–Crippen LogP) is 3.39. The Bertz CT molecular complexity index is 1170. The van der Waals surface area contributed by atoms with Gasteiger partial charge in [-0.1, -0.05) is 23.4 Å². The molecule has 154 valence electrons. The van der Waals surface area contributed by atoms with Gasteiger partial charge >= 0.3 is 0 Å². The van der Waals surface area contributed by atoms with Gasteiger partial charge in [0.2, 0.25) is 10.0 Å². The second kappa shape index (κ2) is 7.23. The minimum atomic E-state index is -3.70. The minimum absolute atomic E-state index is 0.0414. The molecule has 1 fully saturated rings. The van der Waals surface area contributed by atoms with E-state index < -0.39 is 10.0 Å². The van der Waals surface area contributed by atoms with E-state index >= 15 is 0 Å². The first-order valence-electron chi connectivity index (χ1n) is 9.38. The number of benzene rings is 1. The lowest BCUT2D eigenvalue weighted by Gasteiger charge is -2.17. The van der Waals surface area contributed by atoms with Gasteiger partial charge in [0.1, 0.15) is 10.6 Å². The molecule has 1 atom stereocenters. The first kappa shape index (κ1) is 20.1. The molecular formula is C20H23N3O4S2. The Labute approximate surface area is 173 Å². The van der Waals surface area contributed by atoms with Crippen LogP contribution in [-0.4, -0.2) is 55.9 Å². The van der Waals surface area contributed by atoms with E-state index in [1.165, 1.54) is 15.6 Å². The Balaban J connectivity index is 1.74. The zero-order valence-electron chi connectivity index (χ0n) is 16.8. The van der Waals surface area contributed by atoms with Crippen molar-refractivity contribution >= 4 is 37.4 Å². The van der Waals surface area contributed by atoms with E-state index in [4.69, 9.17) is 4.52 Å². The highest BCUT2D eigenvalue weighted by molar-refractivity contribution is 7.89. The van der Waals surface area contributed by atoms with E-state index in [0.717, 1.165) is 15.6 Å². The number of aromatic nitrogens is 1. The fourth-order valence-electron chi connectivity index (χ4n) is 3.99. The van der Waals surface area contributed by atoms with E-state index in [9.17, 15) is 13.2 Å². The Morgan fingerprint density at radius 1 is 1.28 bits per heavy atom. The zero-order valence-corrected chi connectivity index (χ0v) is 18.4. The molecule has 3 heterocycles. The van der Waals surface area contributed by atoms with Crippen molar-refractivity contribution in [3.8, 4) is 0 Å². The summed E-state index contributed by atoms with van der Waals surface area (Å²) in [4.78, 5) is 15.2. The van der Waals surface area contributed by atoms with Gasteiger partial charge < -0.3 is 9.42 Å². The average molecular weight is 434 g/mol. The summed E-state index contributed by atoms with van der Waals surface area (Å²) in [6, 6.07) is 7.92. The Hall–Kier alpha value is -2.23. The van der Waals surface area contributed by atoms with Crippen LogP contribution in [0.3, 0.4) is 0 Å². The van der Waals surface area contributed by atoms with Gasteiger partial charge in [-0.25, -0.2) is 8.42 Å². The van der Waals surface area contributed by atoms with E-state index in [2.05, 4.69) is 5.16 Å². The second-order valence-corrected chi connectivity index (χ2v) is 10.5. The SMILES string of the molecule is Cc1noc(C)c1S(=O)(=O)N1CC[C@H](c2c(C(=O)N(C)C)sc3ccccc23)C1. The molecule has 7 nitrogen and oxygen atoms in total. The van der Waals surface area contributed by atoms with Crippen LogP contribution in [0.4, 0.5) is 0 Å². The van der Waals surface area contributed by atoms with Gasteiger partial charge in [0.15, 0.2) is 5.76 Å². The van der Waals surface area contributed by atoms with Gasteiger partial charge in [0.05, 0.1) is 4.88 Å². The maximum absolute atomic E-state index is 13.2. The highest BCUT2D eigenvalue weighted by atomic mass is 32.2. The largest absolute Gasteiger partial charge is 0.360 e. The summed E-state index contributed by atoms with van der Waals surface area (Å²) < 4.78 is 34.0. The summed E-state index contributed by atoms with van der Waals surface area (Å²) in [7, 11) is -0.227. The zero-order chi connectivity index (χ0) is 20.9. The second-order valence-electron chi connectivity index (χ2n) is 7.54. The summed E-state index contributed by atoms with van der Waals surface area (Å²) in [5.41, 5.74) is 1.33. The first-order chi connectivity index (χ1) is 13.7. The number of carbonyl (C=O) groups is 1. The van der Waals surface area contributed by atoms with Crippen LogP contribution in [0.2, 0.25) is 0 Å². The molecule has 0 saturated carbocycles. The molecule has 2 aromatic heterocycles. The van der Waals surface area contributed by atoms with Crippen LogP contribution in [0.25, 0.3) is 10.1 Å². The van der Waals surface area contributed by atoms with E-state index in [1.807, 2.05) is 24.3 Å². The molecule has 9 heteroatoms. The van der Waals surface area contributed by atoms with E-state index in [0.29, 0.717) is 35.8 Å². The molecule has 0 N–H and O–H groups in total. The highest BCUT2D eigenvalue weighted by Gasteiger charge is 2.38. The van der Waals surface area contributed by atoms with Crippen LogP contribution >= 0.6 is 11.3 Å². The predicted molar refractivity (Wildman–Crippen MR) is 112 cm³/mol. The third kappa shape index (κ3) is 3.27. The standard InChI is InChI=1S/C20H23N3O4S2/c1-12-19(13(2)27-21-12)29(25,26)23-10-9-14(11-23)17-15-7-5-6-8-16(15)28-18(17)20(24)22(3)4/h5-8,14H,9-11H2,1-4H3/t14-/m0/s1. The van der Waals surface area contributed by atoms with Crippen molar-refractivity contribution in [1.29, 1.82) is 0 Å². The number of rotatable bonds is 4. The molecule has 1 aliphatic rings. The van der Waals surface area contributed by atoms with Crippen molar-refractivity contribution in [1.82, 2.24) is 14.4 Å². The molecular weight excluding hydrogens is 410 g/mol. The third-order valence-electron chi connectivity index (χ3n) is 5.36. The number of hydrogen-bond donors (Lipinski definition) is 0. The van der Waals surface area contributed by atoms with Gasteiger partial charge in [-0.3, -0.25) is 4.79 Å². The van der Waals surface area contributed by atoms with Crippen LogP contribution in [-0.2, 0) is 10.0 Å². The van der Waals surface area contributed by atoms with E-state index in [1.54, 1.807) is 32.8 Å². The van der Waals surface area contributed by atoms with Crippen LogP contribution in [0.5, 0.6) is 0 Å². The molecule has 1 aromatic carbocycles. The molecule has 0 radical (unpaired) electrons. The monoisotopic (exact) mass is 433 g/mol. The average Bonchev–Trinajstić information content (AvgIpc) is 3.37. The number of aryl methyl sites for hydroxylation is 2. The maximum atomic E-state index is 13.2. The number of hydrogen-bond acceptors (Lipinski definition) is 6. The smallest absolute Gasteiger partial charge is 0.263 e. The number of nitrogens with zero attached hydrogens (tertiary/aromatic N) is 3. The lowest BCUT2D eigenvalue weighted by Crippen LogP contribution is -2.29. The number of amides is 1. The lowest BCUT2D eigenvalue weighted by atomic mass is 9.95. The quantitative estimate of drug-likeness (QED) is 0.630. The number of fused-ring (bicyclic) bond motifs is 1. The topological polar surface area (TPSA) is 83.7 Å². The van der Waals surface area contributed by atoms with Gasteiger partial charge in [0.25, 0.3) is 5.91 Å². The van der Waals surface area contributed by atoms with Crippen LogP contribution in [0.15, 0.2) is 33.7 Å². The van der Waals surface area contributed by atoms with Crippen molar-refractivity contribution in [2.45, 2.75) is 31.1 Å². The molecule has 1 amide bonds. The van der Waals surface area contributed by atoms with Gasteiger partial charge in [-0.05, 0) is 37.3 Å². The van der Waals surface area contributed by atoms with E-state index in [-0.39, 0.29) is 16.7 Å². The molecule has 1 saturated heterocycles. The molecule has 0 aliphatic carbocycles. The Morgan fingerprint density at radius 2 is 2.00 bits per heavy atom.